The predicted octanol–water partition coefficient (Wildman–Crippen LogP) is 2.14. The first-order chi connectivity index (χ1) is 9.40. The molecule has 1 heterocycles. The Balaban J connectivity index is 2.54. The standard InChI is InChI=1S/C16H32N2O2/c1-12(2)8-17-15-6-14(7-16(19)20-5)10-18(11-15)9-13(3)4/h12-15,17H,6-11H2,1-5H3. The second kappa shape index (κ2) is 8.63. The van der Waals surface area contributed by atoms with E-state index < -0.39 is 0 Å². The van der Waals surface area contributed by atoms with E-state index in [0.29, 0.717) is 30.2 Å². The molecule has 0 aliphatic carbocycles. The highest BCUT2D eigenvalue weighted by Gasteiger charge is 2.28. The van der Waals surface area contributed by atoms with Gasteiger partial charge in [-0.1, -0.05) is 27.7 Å². The van der Waals surface area contributed by atoms with E-state index in [4.69, 9.17) is 4.74 Å². The summed E-state index contributed by atoms with van der Waals surface area (Å²) in [5, 5.41) is 3.65. The number of hydrogen-bond acceptors (Lipinski definition) is 4. The summed E-state index contributed by atoms with van der Waals surface area (Å²) in [5.74, 6) is 1.66. The number of carbonyl (C=O) groups is 1. The van der Waals surface area contributed by atoms with Gasteiger partial charge in [-0.15, -0.1) is 0 Å². The molecular formula is C16H32N2O2. The van der Waals surface area contributed by atoms with E-state index >= 15 is 0 Å². The summed E-state index contributed by atoms with van der Waals surface area (Å²) in [7, 11) is 1.48. The highest BCUT2D eigenvalue weighted by molar-refractivity contribution is 5.69. The molecule has 2 atom stereocenters. The minimum absolute atomic E-state index is 0.0796. The Hall–Kier alpha value is -0.610. The summed E-state index contributed by atoms with van der Waals surface area (Å²) >= 11 is 0. The minimum atomic E-state index is -0.0796. The van der Waals surface area contributed by atoms with Crippen LogP contribution in [0.3, 0.4) is 0 Å². The fourth-order valence-corrected chi connectivity index (χ4v) is 2.99. The van der Waals surface area contributed by atoms with Crippen molar-refractivity contribution in [2.45, 2.75) is 46.6 Å². The average molecular weight is 284 g/mol. The summed E-state index contributed by atoms with van der Waals surface area (Å²) in [6, 6.07) is 0.500. The van der Waals surface area contributed by atoms with Gasteiger partial charge < -0.3 is 15.0 Å². The second-order valence-corrected chi connectivity index (χ2v) is 6.99. The maximum atomic E-state index is 11.5. The first-order valence-electron chi connectivity index (χ1n) is 7.93. The zero-order valence-electron chi connectivity index (χ0n) is 13.8. The molecule has 0 amide bonds. The molecule has 4 nitrogen and oxygen atoms in total. The van der Waals surface area contributed by atoms with E-state index in [1.54, 1.807) is 0 Å². The van der Waals surface area contributed by atoms with Crippen LogP contribution in [0.2, 0.25) is 0 Å². The van der Waals surface area contributed by atoms with Gasteiger partial charge in [-0.25, -0.2) is 0 Å². The molecule has 0 spiro atoms. The number of carbonyl (C=O) groups excluding carboxylic acids is 1. The normalized spacial score (nSPS) is 24.4. The maximum Gasteiger partial charge on any atom is 0.305 e. The molecule has 1 saturated heterocycles. The van der Waals surface area contributed by atoms with Crippen molar-refractivity contribution < 1.29 is 9.53 Å². The Bertz CT molecular complexity index is 292. The van der Waals surface area contributed by atoms with Crippen molar-refractivity contribution in [3.63, 3.8) is 0 Å². The molecule has 4 heteroatoms. The van der Waals surface area contributed by atoms with Gasteiger partial charge >= 0.3 is 5.97 Å². The molecule has 0 aromatic heterocycles. The third-order valence-electron chi connectivity index (χ3n) is 3.73. The van der Waals surface area contributed by atoms with Crippen LogP contribution in [0.1, 0.15) is 40.5 Å². The van der Waals surface area contributed by atoms with E-state index in [2.05, 4.69) is 37.9 Å². The van der Waals surface area contributed by atoms with Crippen molar-refractivity contribution in [1.29, 1.82) is 0 Å². The monoisotopic (exact) mass is 284 g/mol. The number of nitrogens with one attached hydrogen (secondary N) is 1. The van der Waals surface area contributed by atoms with Crippen LogP contribution in [-0.4, -0.2) is 50.2 Å². The zero-order chi connectivity index (χ0) is 15.1. The molecule has 0 bridgehead atoms. The number of methoxy groups -OCH3 is 1. The fourth-order valence-electron chi connectivity index (χ4n) is 2.99. The number of likely N-dealkylation sites (tertiary alicyclic amines) is 1. The summed E-state index contributed by atoms with van der Waals surface area (Å²) in [6.07, 6.45) is 1.63. The molecule has 20 heavy (non-hydrogen) atoms. The smallest absolute Gasteiger partial charge is 0.305 e. The number of hydrogen-bond donors (Lipinski definition) is 1. The van der Waals surface area contributed by atoms with Crippen LogP contribution in [-0.2, 0) is 9.53 Å². The third-order valence-corrected chi connectivity index (χ3v) is 3.73. The van der Waals surface area contributed by atoms with Crippen LogP contribution in [0.4, 0.5) is 0 Å². The lowest BCUT2D eigenvalue weighted by molar-refractivity contribution is -0.142. The van der Waals surface area contributed by atoms with Gasteiger partial charge in [-0.05, 0) is 30.7 Å². The van der Waals surface area contributed by atoms with Crippen LogP contribution in [0, 0.1) is 17.8 Å². The van der Waals surface area contributed by atoms with Crippen LogP contribution >= 0.6 is 0 Å². The van der Waals surface area contributed by atoms with Crippen molar-refractivity contribution in [2.75, 3.05) is 33.3 Å². The molecule has 0 aromatic carbocycles. The highest BCUT2D eigenvalue weighted by atomic mass is 16.5. The molecule has 1 N–H and O–H groups in total. The first kappa shape index (κ1) is 17.4. The zero-order valence-corrected chi connectivity index (χ0v) is 13.8. The second-order valence-electron chi connectivity index (χ2n) is 6.99. The summed E-state index contributed by atoms with van der Waals surface area (Å²) in [4.78, 5) is 14.0. The third kappa shape index (κ3) is 6.71. The maximum absolute atomic E-state index is 11.5. The van der Waals surface area contributed by atoms with Gasteiger partial charge in [0.25, 0.3) is 0 Å². The molecular weight excluding hydrogens is 252 g/mol. The molecule has 1 aliphatic heterocycles. The molecule has 1 rings (SSSR count). The van der Waals surface area contributed by atoms with Gasteiger partial charge in [0.1, 0.15) is 0 Å². The molecule has 0 radical (unpaired) electrons. The number of ether oxygens (including phenoxy) is 1. The quantitative estimate of drug-likeness (QED) is 0.727. The van der Waals surface area contributed by atoms with Gasteiger partial charge in [0.15, 0.2) is 0 Å². The van der Waals surface area contributed by atoms with Crippen LogP contribution < -0.4 is 5.32 Å². The van der Waals surface area contributed by atoms with Gasteiger partial charge in [0.05, 0.1) is 7.11 Å². The minimum Gasteiger partial charge on any atom is -0.469 e. The number of esters is 1. The Morgan fingerprint density at radius 1 is 1.25 bits per heavy atom. The molecule has 0 saturated carbocycles. The molecule has 2 unspecified atom stereocenters. The van der Waals surface area contributed by atoms with Crippen molar-refractivity contribution >= 4 is 5.97 Å². The Kier molecular flexibility index (Phi) is 7.52. The van der Waals surface area contributed by atoms with Gasteiger partial charge in [0.2, 0.25) is 0 Å². The Morgan fingerprint density at radius 2 is 1.95 bits per heavy atom. The Morgan fingerprint density at radius 3 is 2.50 bits per heavy atom. The topological polar surface area (TPSA) is 41.6 Å². The Labute approximate surface area is 124 Å². The largest absolute Gasteiger partial charge is 0.469 e. The van der Waals surface area contributed by atoms with E-state index in [1.807, 2.05) is 0 Å². The van der Waals surface area contributed by atoms with E-state index in [-0.39, 0.29) is 5.97 Å². The highest BCUT2D eigenvalue weighted by Crippen LogP contribution is 2.21. The summed E-state index contributed by atoms with van der Waals surface area (Å²) in [5.41, 5.74) is 0. The summed E-state index contributed by atoms with van der Waals surface area (Å²) < 4.78 is 4.82. The van der Waals surface area contributed by atoms with Crippen molar-refractivity contribution in [2.24, 2.45) is 17.8 Å². The van der Waals surface area contributed by atoms with Gasteiger partial charge in [0, 0.05) is 32.1 Å². The van der Waals surface area contributed by atoms with E-state index in [0.717, 1.165) is 32.6 Å². The number of nitrogens with zero attached hydrogens (tertiary/aromatic N) is 1. The van der Waals surface area contributed by atoms with E-state index in [1.165, 1.54) is 7.11 Å². The SMILES string of the molecule is COC(=O)CC1CC(NCC(C)C)CN(CC(C)C)C1. The van der Waals surface area contributed by atoms with Crippen LogP contribution in [0.15, 0.2) is 0 Å². The lowest BCUT2D eigenvalue weighted by Gasteiger charge is -2.39. The predicted molar refractivity (Wildman–Crippen MR) is 82.6 cm³/mol. The van der Waals surface area contributed by atoms with Gasteiger partial charge in [-0.2, -0.15) is 0 Å². The molecule has 1 fully saturated rings. The van der Waals surface area contributed by atoms with Gasteiger partial charge in [-0.3, -0.25) is 4.79 Å². The van der Waals surface area contributed by atoms with Crippen molar-refractivity contribution in [3.8, 4) is 0 Å². The first-order valence-corrected chi connectivity index (χ1v) is 7.93. The number of rotatable bonds is 7. The number of piperidine rings is 1. The summed E-state index contributed by atoms with van der Waals surface area (Å²) in [6.45, 7) is 13.2. The fraction of sp³-hybridized carbons (Fsp3) is 0.938. The molecule has 118 valence electrons. The van der Waals surface area contributed by atoms with Crippen molar-refractivity contribution in [1.82, 2.24) is 10.2 Å². The lowest BCUT2D eigenvalue weighted by atomic mass is 9.90. The lowest BCUT2D eigenvalue weighted by Crippen LogP contribution is -2.51. The molecule has 1 aliphatic rings. The van der Waals surface area contributed by atoms with Crippen LogP contribution in [0.5, 0.6) is 0 Å². The molecule has 0 aromatic rings. The van der Waals surface area contributed by atoms with Crippen molar-refractivity contribution in [3.05, 3.63) is 0 Å². The van der Waals surface area contributed by atoms with E-state index in [9.17, 15) is 4.79 Å². The van der Waals surface area contributed by atoms with Crippen LogP contribution in [0.25, 0.3) is 0 Å². The average Bonchev–Trinajstić information content (AvgIpc) is 2.35.